The van der Waals surface area contributed by atoms with Crippen LogP contribution < -0.4 is 5.06 Å². The van der Waals surface area contributed by atoms with Crippen molar-refractivity contribution in [3.05, 3.63) is 111 Å². The zero-order chi connectivity index (χ0) is 22.2. The molecule has 0 amide bonds. The van der Waals surface area contributed by atoms with Gasteiger partial charge in [0.25, 0.3) is 6.04 Å². The molecule has 160 valence electrons. The fourth-order valence-electron chi connectivity index (χ4n) is 4.06. The Hall–Kier alpha value is -1.83. The van der Waals surface area contributed by atoms with Crippen LogP contribution in [0.4, 0.5) is 5.69 Å². The molecule has 0 saturated carbocycles. The summed E-state index contributed by atoms with van der Waals surface area (Å²) in [6.45, 7) is 0. The van der Waals surface area contributed by atoms with Gasteiger partial charge in [-0.1, -0.05) is 111 Å². The summed E-state index contributed by atoms with van der Waals surface area (Å²) in [7, 11) is 0. The summed E-state index contributed by atoms with van der Waals surface area (Å²) in [6.07, 6.45) is -1.35. The number of alkyl halides is 3. The number of nitrogens with zero attached hydrogens (tertiary/aromatic N) is 2. The monoisotopic (exact) mass is 540 g/mol. The number of halogens is 4. The molecule has 1 aliphatic rings. The zero-order valence-corrected chi connectivity index (χ0v) is 19.7. The highest BCUT2D eigenvalue weighted by atomic mass is 79.9. The maximum Gasteiger partial charge on any atom is 0.279 e. The van der Waals surface area contributed by atoms with Gasteiger partial charge in [0.15, 0.2) is 5.54 Å². The standard InChI is InChI=1S/C22H16BrCl3N2O3/c23-17-11-13-18(14-12-17)27-21(15-7-3-1-4-8-15,16-9-5-2-6-10-16)19(28(29)30)20(31-27)22(24,25)26/h1-14,19-20H/t19-,20+/m0/s1. The second kappa shape index (κ2) is 8.60. The molecular weight excluding hydrogens is 527 g/mol. The van der Waals surface area contributed by atoms with E-state index in [2.05, 4.69) is 15.9 Å². The molecule has 0 unspecified atom stereocenters. The van der Waals surface area contributed by atoms with Gasteiger partial charge < -0.3 is 0 Å². The predicted molar refractivity (Wildman–Crippen MR) is 126 cm³/mol. The van der Waals surface area contributed by atoms with Gasteiger partial charge in [0.2, 0.25) is 9.90 Å². The van der Waals surface area contributed by atoms with Crippen molar-refractivity contribution < 1.29 is 9.76 Å². The van der Waals surface area contributed by atoms with Crippen LogP contribution in [0.15, 0.2) is 89.4 Å². The Morgan fingerprint density at radius 3 is 1.81 bits per heavy atom. The van der Waals surface area contributed by atoms with Crippen LogP contribution in [0.25, 0.3) is 0 Å². The van der Waals surface area contributed by atoms with E-state index in [1.54, 1.807) is 12.1 Å². The van der Waals surface area contributed by atoms with Gasteiger partial charge in [-0.2, -0.15) is 0 Å². The molecule has 0 bridgehead atoms. The molecule has 0 radical (unpaired) electrons. The molecule has 31 heavy (non-hydrogen) atoms. The lowest BCUT2D eigenvalue weighted by atomic mass is 9.75. The Balaban J connectivity index is 2.08. The molecule has 3 aromatic carbocycles. The van der Waals surface area contributed by atoms with E-state index < -0.39 is 26.4 Å². The van der Waals surface area contributed by atoms with E-state index in [1.807, 2.05) is 72.8 Å². The minimum atomic E-state index is -2.04. The van der Waals surface area contributed by atoms with E-state index >= 15 is 0 Å². The maximum absolute atomic E-state index is 12.6. The molecule has 1 saturated heterocycles. The third kappa shape index (κ3) is 3.92. The van der Waals surface area contributed by atoms with E-state index in [1.165, 1.54) is 5.06 Å². The van der Waals surface area contributed by atoms with Gasteiger partial charge in [-0.15, -0.1) is 0 Å². The highest BCUT2D eigenvalue weighted by Gasteiger charge is 2.69. The first kappa shape index (κ1) is 22.4. The average Bonchev–Trinajstić information content (AvgIpc) is 3.13. The molecule has 4 rings (SSSR count). The van der Waals surface area contributed by atoms with Crippen LogP contribution in [0.2, 0.25) is 0 Å². The first-order valence-corrected chi connectivity index (χ1v) is 11.2. The van der Waals surface area contributed by atoms with Crippen molar-refractivity contribution in [2.24, 2.45) is 0 Å². The molecule has 1 fully saturated rings. The highest BCUT2D eigenvalue weighted by Crippen LogP contribution is 2.53. The van der Waals surface area contributed by atoms with Crippen LogP contribution in [0.5, 0.6) is 0 Å². The van der Waals surface area contributed by atoms with Crippen LogP contribution >= 0.6 is 50.7 Å². The quantitative estimate of drug-likeness (QED) is 0.214. The zero-order valence-electron chi connectivity index (χ0n) is 15.9. The summed E-state index contributed by atoms with van der Waals surface area (Å²) in [6, 6.07) is 24.0. The van der Waals surface area contributed by atoms with Crippen molar-refractivity contribution in [2.45, 2.75) is 21.5 Å². The Labute approximate surface area is 202 Å². The maximum atomic E-state index is 12.6. The Kier molecular flexibility index (Phi) is 6.21. The van der Waals surface area contributed by atoms with Crippen LogP contribution in [0.3, 0.4) is 0 Å². The molecular formula is C22H16BrCl3N2O3. The summed E-state index contributed by atoms with van der Waals surface area (Å²) < 4.78 is -1.19. The van der Waals surface area contributed by atoms with E-state index in [9.17, 15) is 10.1 Å². The molecule has 3 aromatic rings. The third-order valence-corrected chi connectivity index (χ3v) is 6.47. The number of anilines is 1. The number of hydrogen-bond acceptors (Lipinski definition) is 4. The smallest absolute Gasteiger partial charge is 0.264 e. The minimum Gasteiger partial charge on any atom is -0.264 e. The van der Waals surface area contributed by atoms with Gasteiger partial charge >= 0.3 is 0 Å². The summed E-state index contributed by atoms with van der Waals surface area (Å²) in [5.74, 6) is 0. The number of rotatable bonds is 4. The molecule has 0 aliphatic carbocycles. The van der Waals surface area contributed by atoms with E-state index in [-0.39, 0.29) is 0 Å². The first-order valence-electron chi connectivity index (χ1n) is 9.30. The lowest BCUT2D eigenvalue weighted by molar-refractivity contribution is -0.534. The van der Waals surface area contributed by atoms with Crippen LogP contribution in [-0.2, 0) is 10.4 Å². The molecule has 1 heterocycles. The van der Waals surface area contributed by atoms with E-state index in [0.717, 1.165) is 4.47 Å². The number of hydroxylamine groups is 1. The largest absolute Gasteiger partial charge is 0.279 e. The molecule has 0 spiro atoms. The average molecular weight is 543 g/mol. The van der Waals surface area contributed by atoms with E-state index in [4.69, 9.17) is 39.6 Å². The van der Waals surface area contributed by atoms with Crippen LogP contribution in [0, 0.1) is 10.1 Å². The molecule has 0 aromatic heterocycles. The SMILES string of the molecule is O=[N+]([O-])[C@H]1[C@H](C(Cl)(Cl)Cl)ON(c2ccc(Br)cc2)C1(c1ccccc1)c1ccccc1. The van der Waals surface area contributed by atoms with E-state index in [0.29, 0.717) is 16.8 Å². The summed E-state index contributed by atoms with van der Waals surface area (Å²) >= 11 is 22.1. The number of hydrogen-bond donors (Lipinski definition) is 0. The van der Waals surface area contributed by atoms with Gasteiger partial charge in [0.1, 0.15) is 0 Å². The van der Waals surface area contributed by atoms with Gasteiger partial charge in [0.05, 0.1) is 5.69 Å². The van der Waals surface area contributed by atoms with Crippen molar-refractivity contribution in [1.82, 2.24) is 0 Å². The summed E-state index contributed by atoms with van der Waals surface area (Å²) in [5, 5.41) is 14.1. The van der Waals surface area contributed by atoms with Crippen LogP contribution in [-0.4, -0.2) is 20.9 Å². The molecule has 0 N–H and O–H groups in total. The van der Waals surface area contributed by atoms with Crippen LogP contribution in [0.1, 0.15) is 11.1 Å². The molecule has 2 atom stereocenters. The molecule has 1 aliphatic heterocycles. The normalized spacial score (nSPS) is 20.6. The lowest BCUT2D eigenvalue weighted by Gasteiger charge is -2.38. The van der Waals surface area contributed by atoms with Crippen molar-refractivity contribution in [1.29, 1.82) is 0 Å². The predicted octanol–water partition coefficient (Wildman–Crippen LogP) is 6.53. The first-order chi connectivity index (χ1) is 14.8. The van der Waals surface area contributed by atoms with Crippen molar-refractivity contribution >= 4 is 56.4 Å². The third-order valence-electron chi connectivity index (χ3n) is 5.29. The fourth-order valence-corrected chi connectivity index (χ4v) is 4.81. The lowest BCUT2D eigenvalue weighted by Crippen LogP contribution is -2.54. The van der Waals surface area contributed by atoms with Gasteiger partial charge in [-0.3, -0.25) is 15.0 Å². The van der Waals surface area contributed by atoms with Crippen molar-refractivity contribution in [3.8, 4) is 0 Å². The minimum absolute atomic E-state index is 0.425. The Morgan fingerprint density at radius 1 is 0.903 bits per heavy atom. The second-order valence-electron chi connectivity index (χ2n) is 7.07. The second-order valence-corrected chi connectivity index (χ2v) is 10.4. The highest BCUT2D eigenvalue weighted by molar-refractivity contribution is 9.10. The van der Waals surface area contributed by atoms with Crippen molar-refractivity contribution in [2.75, 3.05) is 5.06 Å². The summed E-state index contributed by atoms with van der Waals surface area (Å²) in [4.78, 5) is 18.3. The van der Waals surface area contributed by atoms with Gasteiger partial charge in [0, 0.05) is 9.40 Å². The summed E-state index contributed by atoms with van der Waals surface area (Å²) in [5.41, 5.74) is 0.471. The number of nitro groups is 1. The van der Waals surface area contributed by atoms with Gasteiger partial charge in [-0.25, -0.2) is 5.06 Å². The van der Waals surface area contributed by atoms with Gasteiger partial charge in [-0.05, 0) is 35.4 Å². The Morgan fingerprint density at radius 2 is 1.39 bits per heavy atom. The van der Waals surface area contributed by atoms with Crippen molar-refractivity contribution in [3.63, 3.8) is 0 Å². The number of benzene rings is 3. The molecule has 5 nitrogen and oxygen atoms in total. The molecule has 9 heteroatoms. The topological polar surface area (TPSA) is 55.6 Å². The Bertz CT molecular complexity index is 1020. The fraction of sp³-hybridized carbons (Fsp3) is 0.182.